The zero-order valence-corrected chi connectivity index (χ0v) is 14.4. The number of carbonyl (C=O) groups excluding carboxylic acids is 2. The Kier molecular flexibility index (Phi) is 7.21. The van der Waals surface area contributed by atoms with Crippen LogP contribution in [-0.4, -0.2) is 25.2 Å². The molecule has 21 heavy (non-hydrogen) atoms. The van der Waals surface area contributed by atoms with E-state index in [1.165, 1.54) is 6.20 Å². The first-order valence-electron chi connectivity index (χ1n) is 6.56. The normalized spacial score (nSPS) is 9.71. The SMILES string of the molecule is CCOC(=O)C(=CNc1ccc(I)c(C)c1)C(=O)OCC. The molecule has 114 valence electrons. The molecule has 0 unspecified atom stereocenters. The van der Waals surface area contributed by atoms with Crippen molar-refractivity contribution in [3.63, 3.8) is 0 Å². The van der Waals surface area contributed by atoms with Gasteiger partial charge in [0.2, 0.25) is 0 Å². The van der Waals surface area contributed by atoms with Crippen LogP contribution >= 0.6 is 22.6 Å². The van der Waals surface area contributed by atoms with Gasteiger partial charge in [0.05, 0.1) is 13.2 Å². The van der Waals surface area contributed by atoms with Crippen LogP contribution in [0.4, 0.5) is 5.69 Å². The van der Waals surface area contributed by atoms with Gasteiger partial charge in [-0.1, -0.05) is 0 Å². The fraction of sp³-hybridized carbons (Fsp3) is 0.333. The van der Waals surface area contributed by atoms with E-state index in [2.05, 4.69) is 27.9 Å². The number of hydrogen-bond acceptors (Lipinski definition) is 5. The lowest BCUT2D eigenvalue weighted by Gasteiger charge is -2.08. The predicted octanol–water partition coefficient (Wildman–Crippen LogP) is 3.02. The van der Waals surface area contributed by atoms with Crippen molar-refractivity contribution in [3.05, 3.63) is 39.1 Å². The molecule has 0 radical (unpaired) electrons. The summed E-state index contributed by atoms with van der Waals surface area (Å²) in [7, 11) is 0. The van der Waals surface area contributed by atoms with Crippen LogP contribution in [0.25, 0.3) is 0 Å². The second-order valence-electron chi connectivity index (χ2n) is 4.11. The van der Waals surface area contributed by atoms with E-state index in [1.54, 1.807) is 13.8 Å². The molecule has 0 spiro atoms. The number of hydrogen-bond donors (Lipinski definition) is 1. The number of rotatable bonds is 6. The molecule has 1 rings (SSSR count). The molecule has 0 heterocycles. The highest BCUT2D eigenvalue weighted by molar-refractivity contribution is 14.1. The second-order valence-corrected chi connectivity index (χ2v) is 5.27. The molecule has 0 fully saturated rings. The first-order valence-corrected chi connectivity index (χ1v) is 7.64. The molecular formula is C15H18INO4. The molecule has 0 saturated carbocycles. The summed E-state index contributed by atoms with van der Waals surface area (Å²) in [5, 5.41) is 2.92. The Morgan fingerprint density at radius 3 is 2.24 bits per heavy atom. The van der Waals surface area contributed by atoms with Crippen LogP contribution in [0.3, 0.4) is 0 Å². The van der Waals surface area contributed by atoms with Crippen LogP contribution in [0.5, 0.6) is 0 Å². The zero-order chi connectivity index (χ0) is 15.8. The average molecular weight is 403 g/mol. The Hall–Kier alpha value is -1.57. The third-order valence-corrected chi connectivity index (χ3v) is 3.74. The fourth-order valence-electron chi connectivity index (χ4n) is 1.51. The average Bonchev–Trinajstić information content (AvgIpc) is 2.43. The third-order valence-electron chi connectivity index (χ3n) is 2.53. The lowest BCUT2D eigenvalue weighted by molar-refractivity contribution is -0.146. The summed E-state index contributed by atoms with van der Waals surface area (Å²) < 4.78 is 10.8. The summed E-state index contributed by atoms with van der Waals surface area (Å²) in [4.78, 5) is 23.5. The van der Waals surface area contributed by atoms with Crippen molar-refractivity contribution < 1.29 is 19.1 Å². The number of benzene rings is 1. The zero-order valence-electron chi connectivity index (χ0n) is 12.2. The van der Waals surface area contributed by atoms with Crippen LogP contribution < -0.4 is 5.32 Å². The van der Waals surface area contributed by atoms with Crippen molar-refractivity contribution >= 4 is 40.2 Å². The Morgan fingerprint density at radius 1 is 1.19 bits per heavy atom. The van der Waals surface area contributed by atoms with Gasteiger partial charge in [-0.05, 0) is 67.1 Å². The Labute approximate surface area is 137 Å². The van der Waals surface area contributed by atoms with Crippen molar-refractivity contribution in [2.24, 2.45) is 0 Å². The molecule has 0 bridgehead atoms. The number of halogens is 1. The summed E-state index contributed by atoms with van der Waals surface area (Å²) in [6.45, 7) is 5.72. The first kappa shape index (κ1) is 17.5. The Balaban J connectivity index is 2.93. The molecule has 5 nitrogen and oxygen atoms in total. The Bertz CT molecular complexity index is 535. The van der Waals surface area contributed by atoms with Gasteiger partial charge in [0.25, 0.3) is 0 Å². The van der Waals surface area contributed by atoms with E-state index in [4.69, 9.17) is 9.47 Å². The van der Waals surface area contributed by atoms with E-state index in [-0.39, 0.29) is 18.8 Å². The topological polar surface area (TPSA) is 64.6 Å². The van der Waals surface area contributed by atoms with Crippen molar-refractivity contribution in [1.29, 1.82) is 0 Å². The van der Waals surface area contributed by atoms with Crippen LogP contribution in [-0.2, 0) is 19.1 Å². The number of ether oxygens (including phenoxy) is 2. The number of esters is 2. The lowest BCUT2D eigenvalue weighted by Crippen LogP contribution is -2.19. The molecule has 0 aliphatic heterocycles. The van der Waals surface area contributed by atoms with Crippen molar-refractivity contribution in [1.82, 2.24) is 0 Å². The highest BCUT2D eigenvalue weighted by Gasteiger charge is 2.20. The van der Waals surface area contributed by atoms with Crippen LogP contribution in [0.15, 0.2) is 30.0 Å². The monoisotopic (exact) mass is 403 g/mol. The van der Waals surface area contributed by atoms with Gasteiger partial charge in [-0.2, -0.15) is 0 Å². The maximum absolute atomic E-state index is 11.8. The van der Waals surface area contributed by atoms with Gasteiger partial charge in [-0.15, -0.1) is 0 Å². The van der Waals surface area contributed by atoms with Crippen LogP contribution in [0.2, 0.25) is 0 Å². The maximum atomic E-state index is 11.8. The van der Waals surface area contributed by atoms with E-state index >= 15 is 0 Å². The summed E-state index contributed by atoms with van der Waals surface area (Å²) in [6.07, 6.45) is 1.32. The summed E-state index contributed by atoms with van der Waals surface area (Å²) in [6, 6.07) is 5.73. The van der Waals surface area contributed by atoms with Crippen LogP contribution in [0, 0.1) is 10.5 Å². The molecule has 1 N–H and O–H groups in total. The summed E-state index contributed by atoms with van der Waals surface area (Å²) in [5.41, 5.74) is 1.72. The molecule has 0 aliphatic carbocycles. The van der Waals surface area contributed by atoms with Crippen LogP contribution in [0.1, 0.15) is 19.4 Å². The van der Waals surface area contributed by atoms with Gasteiger partial charge in [-0.3, -0.25) is 0 Å². The summed E-state index contributed by atoms with van der Waals surface area (Å²) in [5.74, 6) is -1.41. The number of carbonyl (C=O) groups is 2. The molecule has 0 saturated heterocycles. The molecular weight excluding hydrogens is 385 g/mol. The number of aryl methyl sites for hydroxylation is 1. The molecule has 0 aromatic heterocycles. The van der Waals surface area contributed by atoms with E-state index in [1.807, 2.05) is 25.1 Å². The highest BCUT2D eigenvalue weighted by Crippen LogP contribution is 2.17. The van der Waals surface area contributed by atoms with Gasteiger partial charge >= 0.3 is 11.9 Å². The number of nitrogens with one attached hydrogen (secondary N) is 1. The minimum absolute atomic E-state index is 0.157. The molecule has 0 amide bonds. The van der Waals surface area contributed by atoms with Gasteiger partial charge in [-0.25, -0.2) is 9.59 Å². The minimum atomic E-state index is -0.703. The van der Waals surface area contributed by atoms with Crippen molar-refractivity contribution in [2.45, 2.75) is 20.8 Å². The largest absolute Gasteiger partial charge is 0.462 e. The highest BCUT2D eigenvalue weighted by atomic mass is 127. The molecule has 6 heteroatoms. The fourth-order valence-corrected chi connectivity index (χ4v) is 1.84. The minimum Gasteiger partial charge on any atom is -0.462 e. The quantitative estimate of drug-likeness (QED) is 0.260. The van der Waals surface area contributed by atoms with Crippen molar-refractivity contribution in [2.75, 3.05) is 18.5 Å². The summed E-state index contributed by atoms with van der Waals surface area (Å²) >= 11 is 2.23. The van der Waals surface area contributed by atoms with Gasteiger partial charge in [0, 0.05) is 15.5 Å². The van der Waals surface area contributed by atoms with Gasteiger partial charge in [0.15, 0.2) is 5.57 Å². The Morgan fingerprint density at radius 2 is 1.76 bits per heavy atom. The standard InChI is InChI=1S/C15H18INO4/c1-4-20-14(18)12(15(19)21-5-2)9-17-11-6-7-13(16)10(3)8-11/h6-9,17H,4-5H2,1-3H3. The third kappa shape index (κ3) is 5.37. The number of anilines is 1. The van der Waals surface area contributed by atoms with E-state index in [0.717, 1.165) is 14.8 Å². The smallest absolute Gasteiger partial charge is 0.347 e. The van der Waals surface area contributed by atoms with E-state index < -0.39 is 11.9 Å². The first-order chi connectivity index (χ1) is 9.99. The maximum Gasteiger partial charge on any atom is 0.347 e. The van der Waals surface area contributed by atoms with E-state index in [0.29, 0.717) is 0 Å². The molecule has 1 aromatic rings. The lowest BCUT2D eigenvalue weighted by atomic mass is 10.2. The van der Waals surface area contributed by atoms with Crippen molar-refractivity contribution in [3.8, 4) is 0 Å². The molecule has 0 atom stereocenters. The van der Waals surface area contributed by atoms with E-state index in [9.17, 15) is 9.59 Å². The van der Waals surface area contributed by atoms with Gasteiger partial charge < -0.3 is 14.8 Å². The molecule has 1 aromatic carbocycles. The second kappa shape index (κ2) is 8.66. The van der Waals surface area contributed by atoms with Gasteiger partial charge in [0.1, 0.15) is 0 Å². The predicted molar refractivity (Wildman–Crippen MR) is 88.9 cm³/mol. The molecule has 0 aliphatic rings.